The zero-order valence-corrected chi connectivity index (χ0v) is 17.8. The fraction of sp³-hybridized carbons (Fsp3) is 0.333. The Balaban J connectivity index is 1.49. The van der Waals surface area contributed by atoms with E-state index in [-0.39, 0.29) is 17.5 Å². The largest absolute Gasteiger partial charge is 0.358 e. The van der Waals surface area contributed by atoms with Crippen LogP contribution >= 0.6 is 23.1 Å². The molecular formula is C18H20N6O4S2. The molecule has 2 amide bonds. The summed E-state index contributed by atoms with van der Waals surface area (Å²) in [4.78, 5) is 37.8. The van der Waals surface area contributed by atoms with Gasteiger partial charge < -0.3 is 15.1 Å². The van der Waals surface area contributed by atoms with Crippen molar-refractivity contribution in [3.63, 3.8) is 0 Å². The Morgan fingerprint density at radius 2 is 1.93 bits per heavy atom. The van der Waals surface area contributed by atoms with Gasteiger partial charge in [-0.15, -0.1) is 10.2 Å². The molecule has 0 spiro atoms. The summed E-state index contributed by atoms with van der Waals surface area (Å²) in [6.45, 7) is 2.41. The number of benzene rings is 1. The maximum Gasteiger partial charge on any atom is 0.269 e. The number of amides is 2. The topological polar surface area (TPSA) is 122 Å². The highest BCUT2D eigenvalue weighted by Crippen LogP contribution is 2.28. The van der Waals surface area contributed by atoms with Crippen molar-refractivity contribution in [2.24, 2.45) is 0 Å². The molecule has 3 rings (SSSR count). The van der Waals surface area contributed by atoms with Crippen LogP contribution in [0.2, 0.25) is 0 Å². The monoisotopic (exact) mass is 448 g/mol. The third kappa shape index (κ3) is 5.76. The second kappa shape index (κ2) is 10.2. The predicted molar refractivity (Wildman–Crippen MR) is 116 cm³/mol. The minimum Gasteiger partial charge on any atom is -0.358 e. The Hall–Kier alpha value is -2.99. The molecule has 30 heavy (non-hydrogen) atoms. The highest BCUT2D eigenvalue weighted by Gasteiger charge is 2.22. The number of hydrogen-bond donors (Lipinski definition) is 1. The first-order valence-corrected chi connectivity index (χ1v) is 10.9. The van der Waals surface area contributed by atoms with Crippen LogP contribution in [-0.4, -0.2) is 70.8 Å². The number of hydrogen-bond acceptors (Lipinski definition) is 9. The van der Waals surface area contributed by atoms with Gasteiger partial charge in [0.1, 0.15) is 0 Å². The lowest BCUT2D eigenvalue weighted by atomic mass is 10.2. The van der Waals surface area contributed by atoms with Crippen LogP contribution in [0.1, 0.15) is 5.56 Å². The molecule has 2 aromatic rings. The highest BCUT2D eigenvalue weighted by molar-refractivity contribution is 8.01. The number of aromatic nitrogens is 2. The normalized spacial score (nSPS) is 14.2. The van der Waals surface area contributed by atoms with Crippen LogP contribution < -0.4 is 10.2 Å². The van der Waals surface area contributed by atoms with Crippen LogP contribution in [-0.2, 0) is 9.59 Å². The summed E-state index contributed by atoms with van der Waals surface area (Å²) in [6.07, 6.45) is 3.13. The van der Waals surface area contributed by atoms with Gasteiger partial charge in [-0.05, 0) is 23.8 Å². The Bertz CT molecular complexity index is 938. The van der Waals surface area contributed by atoms with Gasteiger partial charge in [-0.3, -0.25) is 19.7 Å². The van der Waals surface area contributed by atoms with Gasteiger partial charge in [0.25, 0.3) is 5.69 Å². The van der Waals surface area contributed by atoms with Gasteiger partial charge >= 0.3 is 0 Å². The number of carbonyl (C=O) groups is 2. The lowest BCUT2D eigenvalue weighted by molar-refractivity contribution is -0.384. The van der Waals surface area contributed by atoms with Crippen molar-refractivity contribution >= 4 is 51.8 Å². The molecule has 1 aromatic carbocycles. The Morgan fingerprint density at radius 3 is 2.57 bits per heavy atom. The van der Waals surface area contributed by atoms with Crippen molar-refractivity contribution in [1.82, 2.24) is 20.4 Å². The number of anilines is 1. The van der Waals surface area contributed by atoms with E-state index in [1.807, 2.05) is 0 Å². The number of thioether (sulfide) groups is 1. The standard InChI is InChI=1S/C18H20N6O4S2/c1-19-15(25)12-29-18-21-20-17(30-18)23-10-8-22(9-11-23)16(26)7-4-13-2-5-14(6-3-13)24(27)28/h2-7H,8-12H2,1H3,(H,19,25)/b7-4+. The molecule has 0 aliphatic carbocycles. The van der Waals surface area contributed by atoms with Crippen molar-refractivity contribution in [3.8, 4) is 0 Å². The molecule has 1 N–H and O–H groups in total. The summed E-state index contributed by atoms with van der Waals surface area (Å²) in [5.41, 5.74) is 0.740. The molecule has 10 nitrogen and oxygen atoms in total. The molecule has 0 radical (unpaired) electrons. The first-order valence-electron chi connectivity index (χ1n) is 9.09. The zero-order valence-electron chi connectivity index (χ0n) is 16.2. The summed E-state index contributed by atoms with van der Waals surface area (Å²) in [7, 11) is 1.59. The zero-order chi connectivity index (χ0) is 21.5. The maximum atomic E-state index is 12.4. The molecule has 0 bridgehead atoms. The summed E-state index contributed by atoms with van der Waals surface area (Å²) < 4.78 is 0.734. The van der Waals surface area contributed by atoms with Gasteiger partial charge in [0.2, 0.25) is 16.9 Å². The quantitative estimate of drug-likeness (QED) is 0.294. The molecule has 1 aliphatic heterocycles. The Morgan fingerprint density at radius 1 is 1.23 bits per heavy atom. The van der Waals surface area contributed by atoms with E-state index in [0.29, 0.717) is 31.9 Å². The highest BCUT2D eigenvalue weighted by atomic mass is 32.2. The number of rotatable bonds is 7. The third-order valence-corrected chi connectivity index (χ3v) is 6.50. The molecule has 158 valence electrons. The second-order valence-corrected chi connectivity index (χ2v) is 8.49. The summed E-state index contributed by atoms with van der Waals surface area (Å²) >= 11 is 2.78. The number of non-ortho nitro benzene ring substituents is 1. The molecule has 1 aliphatic rings. The number of piperazine rings is 1. The van der Waals surface area contributed by atoms with Crippen LogP contribution in [0.3, 0.4) is 0 Å². The summed E-state index contributed by atoms with van der Waals surface area (Å²) in [6, 6.07) is 6.03. The molecule has 1 fully saturated rings. The van der Waals surface area contributed by atoms with Crippen molar-refractivity contribution in [1.29, 1.82) is 0 Å². The predicted octanol–water partition coefficient (Wildman–Crippen LogP) is 1.65. The molecule has 0 atom stereocenters. The van der Waals surface area contributed by atoms with Gasteiger partial charge in [-0.2, -0.15) is 0 Å². The van der Waals surface area contributed by atoms with Crippen molar-refractivity contribution in [2.45, 2.75) is 4.34 Å². The van der Waals surface area contributed by atoms with E-state index in [2.05, 4.69) is 20.4 Å². The van der Waals surface area contributed by atoms with Gasteiger partial charge in [0, 0.05) is 51.4 Å². The average molecular weight is 449 g/mol. The van der Waals surface area contributed by atoms with Crippen LogP contribution in [0.15, 0.2) is 34.7 Å². The number of nitro benzene ring substituents is 1. The van der Waals surface area contributed by atoms with Crippen LogP contribution in [0.4, 0.5) is 10.8 Å². The van der Waals surface area contributed by atoms with Crippen molar-refractivity contribution in [3.05, 3.63) is 46.0 Å². The summed E-state index contributed by atoms with van der Waals surface area (Å²) in [5.74, 6) is 0.131. The van der Waals surface area contributed by atoms with E-state index in [9.17, 15) is 19.7 Å². The molecule has 1 aromatic heterocycles. The maximum absolute atomic E-state index is 12.4. The minimum atomic E-state index is -0.459. The van der Waals surface area contributed by atoms with Crippen molar-refractivity contribution in [2.75, 3.05) is 43.9 Å². The van der Waals surface area contributed by atoms with Crippen LogP contribution in [0, 0.1) is 10.1 Å². The fourth-order valence-corrected chi connectivity index (χ4v) is 4.45. The minimum absolute atomic E-state index is 0.0152. The second-order valence-electron chi connectivity index (χ2n) is 6.31. The molecule has 2 heterocycles. The van der Waals surface area contributed by atoms with E-state index in [4.69, 9.17) is 0 Å². The number of carbonyl (C=O) groups excluding carboxylic acids is 2. The van der Waals surface area contributed by atoms with Crippen LogP contribution in [0.25, 0.3) is 6.08 Å². The Labute approximate surface area is 181 Å². The van der Waals surface area contributed by atoms with E-state index in [1.54, 1.807) is 30.2 Å². The number of nitrogens with one attached hydrogen (secondary N) is 1. The molecular weight excluding hydrogens is 428 g/mol. The van der Waals surface area contributed by atoms with E-state index in [1.165, 1.54) is 41.3 Å². The van der Waals surface area contributed by atoms with E-state index in [0.717, 1.165) is 15.0 Å². The van der Waals surface area contributed by atoms with E-state index < -0.39 is 4.92 Å². The first kappa shape index (κ1) is 21.7. The number of nitrogens with zero attached hydrogens (tertiary/aromatic N) is 5. The molecule has 0 saturated carbocycles. The average Bonchev–Trinajstić information content (AvgIpc) is 3.25. The SMILES string of the molecule is CNC(=O)CSc1nnc(N2CCN(C(=O)/C=C/c3ccc([N+](=O)[O-])cc3)CC2)s1. The third-order valence-electron chi connectivity index (χ3n) is 4.39. The Kier molecular flexibility index (Phi) is 7.36. The first-order chi connectivity index (χ1) is 14.5. The smallest absolute Gasteiger partial charge is 0.269 e. The summed E-state index contributed by atoms with van der Waals surface area (Å²) in [5, 5.41) is 22.3. The fourth-order valence-electron chi connectivity index (χ4n) is 2.69. The molecule has 0 unspecified atom stereocenters. The van der Waals surface area contributed by atoms with Gasteiger partial charge in [-0.1, -0.05) is 23.1 Å². The van der Waals surface area contributed by atoms with Crippen molar-refractivity contribution < 1.29 is 14.5 Å². The lowest BCUT2D eigenvalue weighted by Gasteiger charge is -2.33. The van der Waals surface area contributed by atoms with Crippen LogP contribution in [0.5, 0.6) is 0 Å². The lowest BCUT2D eigenvalue weighted by Crippen LogP contribution is -2.48. The molecule has 12 heteroatoms. The van der Waals surface area contributed by atoms with E-state index >= 15 is 0 Å². The molecule has 1 saturated heterocycles. The number of nitro groups is 1. The van der Waals surface area contributed by atoms with Gasteiger partial charge in [-0.25, -0.2) is 0 Å². The van der Waals surface area contributed by atoms with Gasteiger partial charge in [0.05, 0.1) is 10.7 Å². The van der Waals surface area contributed by atoms with Gasteiger partial charge in [0.15, 0.2) is 4.34 Å².